The van der Waals surface area contributed by atoms with Crippen molar-refractivity contribution < 1.29 is 9.90 Å². The largest absolute Gasteiger partial charge is 0.392 e. The number of nitrogens with zero attached hydrogens (tertiary/aromatic N) is 3. The Bertz CT molecular complexity index is 335. The van der Waals surface area contributed by atoms with Gasteiger partial charge in [-0.25, -0.2) is 0 Å². The summed E-state index contributed by atoms with van der Waals surface area (Å²) >= 11 is 0. The summed E-state index contributed by atoms with van der Waals surface area (Å²) in [7, 11) is 0. The molecule has 1 unspecified atom stereocenters. The molecule has 2 saturated heterocycles. The lowest BCUT2D eigenvalue weighted by Gasteiger charge is -2.36. The van der Waals surface area contributed by atoms with Crippen LogP contribution in [0, 0.1) is 5.92 Å². The summed E-state index contributed by atoms with van der Waals surface area (Å²) in [6.45, 7) is 12.0. The highest BCUT2D eigenvalue weighted by Crippen LogP contribution is 2.22. The molecule has 128 valence electrons. The molecule has 22 heavy (non-hydrogen) atoms. The minimum absolute atomic E-state index is 0.201. The van der Waals surface area contributed by atoms with Gasteiger partial charge in [-0.05, 0) is 44.8 Å². The molecule has 2 rings (SSSR count). The number of carbonyl (C=O) groups excluding carboxylic acids is 1. The zero-order chi connectivity index (χ0) is 15.9. The molecule has 0 aliphatic carbocycles. The topological polar surface area (TPSA) is 47.0 Å². The monoisotopic (exact) mass is 311 g/mol. The Kier molecular flexibility index (Phi) is 7.12. The Hall–Kier alpha value is -0.650. The molecule has 5 nitrogen and oxygen atoms in total. The molecule has 2 fully saturated rings. The highest BCUT2D eigenvalue weighted by Gasteiger charge is 2.26. The van der Waals surface area contributed by atoms with Crippen molar-refractivity contribution in [2.45, 2.75) is 45.6 Å². The van der Waals surface area contributed by atoms with E-state index in [0.717, 1.165) is 78.0 Å². The summed E-state index contributed by atoms with van der Waals surface area (Å²) in [6.07, 6.45) is 3.53. The third-order valence-corrected chi connectivity index (χ3v) is 5.28. The number of aliphatic hydroxyl groups excluding tert-OH is 1. The van der Waals surface area contributed by atoms with Gasteiger partial charge < -0.3 is 19.8 Å². The van der Waals surface area contributed by atoms with Crippen molar-refractivity contribution in [2.75, 3.05) is 52.4 Å². The molecule has 0 bridgehead atoms. The molecule has 0 spiro atoms. The number of hydrogen-bond donors (Lipinski definition) is 1. The van der Waals surface area contributed by atoms with Crippen LogP contribution in [0.4, 0.5) is 0 Å². The SMILES string of the molecule is CCC(O)CN1CCC(CC(=O)N2CCN(CC)CC2)CC1. The van der Waals surface area contributed by atoms with Crippen LogP contribution in [0.2, 0.25) is 0 Å². The molecule has 2 heterocycles. The van der Waals surface area contributed by atoms with Crippen LogP contribution in [-0.4, -0.2) is 84.2 Å². The smallest absolute Gasteiger partial charge is 0.222 e. The van der Waals surface area contributed by atoms with Crippen molar-refractivity contribution in [1.82, 2.24) is 14.7 Å². The van der Waals surface area contributed by atoms with Gasteiger partial charge >= 0.3 is 0 Å². The molecule has 2 aliphatic heterocycles. The third kappa shape index (κ3) is 5.21. The first kappa shape index (κ1) is 17.7. The molecule has 0 aromatic carbocycles. The van der Waals surface area contributed by atoms with E-state index in [9.17, 15) is 9.90 Å². The van der Waals surface area contributed by atoms with Crippen molar-refractivity contribution >= 4 is 5.91 Å². The number of likely N-dealkylation sites (tertiary alicyclic amines) is 1. The number of amides is 1. The van der Waals surface area contributed by atoms with Crippen LogP contribution >= 0.6 is 0 Å². The van der Waals surface area contributed by atoms with Crippen LogP contribution in [0.15, 0.2) is 0 Å². The summed E-state index contributed by atoms with van der Waals surface area (Å²) in [5, 5.41) is 9.73. The minimum Gasteiger partial charge on any atom is -0.392 e. The fourth-order valence-corrected chi connectivity index (χ4v) is 3.49. The van der Waals surface area contributed by atoms with E-state index in [2.05, 4.69) is 21.6 Å². The summed E-state index contributed by atoms with van der Waals surface area (Å²) in [4.78, 5) is 19.2. The Morgan fingerprint density at radius 2 is 1.68 bits per heavy atom. The highest BCUT2D eigenvalue weighted by molar-refractivity contribution is 5.76. The molecule has 1 amide bonds. The number of hydrogen-bond acceptors (Lipinski definition) is 4. The normalized spacial score (nSPS) is 23.7. The van der Waals surface area contributed by atoms with Gasteiger partial charge in [-0.15, -0.1) is 0 Å². The first-order chi connectivity index (χ1) is 10.6. The quantitative estimate of drug-likeness (QED) is 0.796. The second-order valence-corrected chi connectivity index (χ2v) is 6.83. The summed E-state index contributed by atoms with van der Waals surface area (Å²) in [5.74, 6) is 0.884. The van der Waals surface area contributed by atoms with E-state index < -0.39 is 0 Å². The van der Waals surface area contributed by atoms with E-state index in [-0.39, 0.29) is 6.10 Å². The van der Waals surface area contributed by atoms with Gasteiger partial charge in [0.2, 0.25) is 5.91 Å². The van der Waals surface area contributed by atoms with Crippen molar-refractivity contribution in [1.29, 1.82) is 0 Å². The lowest BCUT2D eigenvalue weighted by molar-refractivity contribution is -0.134. The molecule has 5 heteroatoms. The Morgan fingerprint density at radius 1 is 1.05 bits per heavy atom. The Morgan fingerprint density at radius 3 is 2.23 bits per heavy atom. The van der Waals surface area contributed by atoms with E-state index in [1.807, 2.05) is 6.92 Å². The number of rotatable bonds is 6. The summed E-state index contributed by atoms with van der Waals surface area (Å²) in [5.41, 5.74) is 0. The number of carbonyl (C=O) groups is 1. The van der Waals surface area contributed by atoms with Gasteiger partial charge in [0.1, 0.15) is 0 Å². The third-order valence-electron chi connectivity index (χ3n) is 5.28. The lowest BCUT2D eigenvalue weighted by atomic mass is 9.92. The van der Waals surface area contributed by atoms with Crippen molar-refractivity contribution in [3.05, 3.63) is 0 Å². The molecule has 1 atom stereocenters. The molecule has 0 radical (unpaired) electrons. The van der Waals surface area contributed by atoms with Gasteiger partial charge in [0.15, 0.2) is 0 Å². The summed E-state index contributed by atoms with van der Waals surface area (Å²) in [6, 6.07) is 0. The van der Waals surface area contributed by atoms with Crippen molar-refractivity contribution in [3.8, 4) is 0 Å². The first-order valence-corrected chi connectivity index (χ1v) is 9.02. The maximum absolute atomic E-state index is 12.4. The molecule has 2 aliphatic rings. The zero-order valence-corrected chi connectivity index (χ0v) is 14.3. The number of aliphatic hydroxyl groups is 1. The van der Waals surface area contributed by atoms with Crippen LogP contribution in [0.1, 0.15) is 39.5 Å². The molecule has 0 aromatic heterocycles. The van der Waals surface area contributed by atoms with E-state index in [1.54, 1.807) is 0 Å². The second kappa shape index (κ2) is 8.85. The van der Waals surface area contributed by atoms with Gasteiger partial charge in [0, 0.05) is 39.1 Å². The number of piperidine rings is 1. The molecular formula is C17H33N3O2. The predicted octanol–water partition coefficient (Wildman–Crippen LogP) is 1.02. The van der Waals surface area contributed by atoms with E-state index in [1.165, 1.54) is 0 Å². The number of piperazine rings is 1. The van der Waals surface area contributed by atoms with Crippen LogP contribution < -0.4 is 0 Å². The predicted molar refractivity (Wildman–Crippen MR) is 88.8 cm³/mol. The first-order valence-electron chi connectivity index (χ1n) is 9.02. The molecular weight excluding hydrogens is 278 g/mol. The molecule has 0 saturated carbocycles. The average Bonchev–Trinajstić information content (AvgIpc) is 2.56. The summed E-state index contributed by atoms with van der Waals surface area (Å²) < 4.78 is 0. The average molecular weight is 311 g/mol. The Balaban J connectivity index is 1.66. The van der Waals surface area contributed by atoms with Gasteiger partial charge in [-0.2, -0.15) is 0 Å². The van der Waals surface area contributed by atoms with Crippen molar-refractivity contribution in [2.24, 2.45) is 5.92 Å². The minimum atomic E-state index is -0.201. The maximum Gasteiger partial charge on any atom is 0.222 e. The van der Waals surface area contributed by atoms with Crippen LogP contribution in [0.25, 0.3) is 0 Å². The van der Waals surface area contributed by atoms with Gasteiger partial charge in [0.05, 0.1) is 6.10 Å². The second-order valence-electron chi connectivity index (χ2n) is 6.83. The lowest BCUT2D eigenvalue weighted by Crippen LogP contribution is -2.49. The van der Waals surface area contributed by atoms with Crippen LogP contribution in [-0.2, 0) is 4.79 Å². The standard InChI is InChI=1S/C17H33N3O2/c1-3-16(21)14-19-7-5-15(6-8-19)13-17(22)20-11-9-18(4-2)10-12-20/h15-16,21H,3-14H2,1-2H3. The van der Waals surface area contributed by atoms with Gasteiger partial charge in [0.25, 0.3) is 0 Å². The van der Waals surface area contributed by atoms with Gasteiger partial charge in [-0.1, -0.05) is 13.8 Å². The van der Waals surface area contributed by atoms with E-state index >= 15 is 0 Å². The van der Waals surface area contributed by atoms with Crippen LogP contribution in [0.5, 0.6) is 0 Å². The fourth-order valence-electron chi connectivity index (χ4n) is 3.49. The fraction of sp³-hybridized carbons (Fsp3) is 0.941. The van der Waals surface area contributed by atoms with Crippen molar-refractivity contribution in [3.63, 3.8) is 0 Å². The Labute approximate surface area is 135 Å². The highest BCUT2D eigenvalue weighted by atomic mass is 16.3. The number of likely N-dealkylation sites (N-methyl/N-ethyl adjacent to an activating group) is 1. The van der Waals surface area contributed by atoms with Gasteiger partial charge in [-0.3, -0.25) is 4.79 Å². The van der Waals surface area contributed by atoms with Crippen LogP contribution in [0.3, 0.4) is 0 Å². The molecule has 0 aromatic rings. The molecule has 1 N–H and O–H groups in total. The zero-order valence-electron chi connectivity index (χ0n) is 14.3. The van der Waals surface area contributed by atoms with E-state index in [0.29, 0.717) is 11.8 Å². The maximum atomic E-state index is 12.4. The number of β-amino-alcohol motifs (C(OH)–C–C–N with tert-alkyl or cyclic N) is 1. The van der Waals surface area contributed by atoms with E-state index in [4.69, 9.17) is 0 Å².